The second-order valence-corrected chi connectivity index (χ2v) is 7.94. The van der Waals surface area contributed by atoms with E-state index in [9.17, 15) is 8.42 Å². The van der Waals surface area contributed by atoms with E-state index in [0.717, 1.165) is 15.3 Å². The SMILES string of the molecule is Cc1ccsc1CNS(=O)(=O)c1ccc(CN)s1. The molecule has 0 atom stereocenters. The van der Waals surface area contributed by atoms with Crippen LogP contribution >= 0.6 is 22.7 Å². The molecule has 98 valence electrons. The maximum Gasteiger partial charge on any atom is 0.250 e. The number of hydrogen-bond acceptors (Lipinski definition) is 5. The molecule has 0 saturated carbocycles. The van der Waals surface area contributed by atoms with Crippen LogP contribution in [0.3, 0.4) is 0 Å². The molecule has 0 bridgehead atoms. The fraction of sp³-hybridized carbons (Fsp3) is 0.273. The standard InChI is InChI=1S/C11H14N2O2S3/c1-8-4-5-16-10(8)7-13-18(14,15)11-3-2-9(6-12)17-11/h2-5,13H,6-7,12H2,1H3. The van der Waals surface area contributed by atoms with E-state index in [-0.39, 0.29) is 0 Å². The van der Waals surface area contributed by atoms with Gasteiger partial charge in [0.25, 0.3) is 0 Å². The molecule has 0 aliphatic carbocycles. The third-order valence-corrected chi connectivity index (χ3v) is 6.52. The third kappa shape index (κ3) is 2.99. The summed E-state index contributed by atoms with van der Waals surface area (Å²) in [6.45, 7) is 2.67. The molecule has 0 aliphatic rings. The highest BCUT2D eigenvalue weighted by Gasteiger charge is 2.16. The normalized spacial score (nSPS) is 11.9. The first-order chi connectivity index (χ1) is 8.53. The first-order valence-corrected chi connectivity index (χ1v) is 8.52. The summed E-state index contributed by atoms with van der Waals surface area (Å²) in [5, 5.41) is 1.95. The maximum absolute atomic E-state index is 12.0. The van der Waals surface area contributed by atoms with Crippen LogP contribution in [0, 0.1) is 6.92 Å². The molecule has 18 heavy (non-hydrogen) atoms. The Morgan fingerprint density at radius 3 is 2.67 bits per heavy atom. The summed E-state index contributed by atoms with van der Waals surface area (Å²) >= 11 is 2.76. The Morgan fingerprint density at radius 1 is 1.33 bits per heavy atom. The summed E-state index contributed by atoms with van der Waals surface area (Å²) in [4.78, 5) is 1.90. The molecular weight excluding hydrogens is 288 g/mol. The molecule has 3 N–H and O–H groups in total. The van der Waals surface area contributed by atoms with E-state index in [1.807, 2.05) is 18.4 Å². The van der Waals surface area contributed by atoms with Crippen LogP contribution in [0.25, 0.3) is 0 Å². The molecule has 0 fully saturated rings. The molecule has 0 radical (unpaired) electrons. The van der Waals surface area contributed by atoms with Gasteiger partial charge in [-0.05, 0) is 36.1 Å². The summed E-state index contributed by atoms with van der Waals surface area (Å²) in [5.41, 5.74) is 6.58. The second kappa shape index (κ2) is 5.50. The highest BCUT2D eigenvalue weighted by molar-refractivity contribution is 7.91. The van der Waals surface area contributed by atoms with Gasteiger partial charge in [0, 0.05) is 22.8 Å². The predicted molar refractivity (Wildman–Crippen MR) is 75.3 cm³/mol. The van der Waals surface area contributed by atoms with Crippen molar-refractivity contribution in [2.45, 2.75) is 24.2 Å². The lowest BCUT2D eigenvalue weighted by Crippen LogP contribution is -2.22. The van der Waals surface area contributed by atoms with E-state index in [4.69, 9.17) is 5.73 Å². The number of rotatable bonds is 5. The Bertz CT molecular complexity index is 628. The highest BCUT2D eigenvalue weighted by atomic mass is 32.2. The predicted octanol–water partition coefficient (Wildman–Crippen LogP) is 2.06. The van der Waals surface area contributed by atoms with Crippen LogP contribution in [-0.2, 0) is 23.1 Å². The van der Waals surface area contributed by atoms with Crippen LogP contribution < -0.4 is 10.5 Å². The summed E-state index contributed by atoms with van der Waals surface area (Å²) in [7, 11) is -3.42. The maximum atomic E-state index is 12.0. The molecule has 2 aromatic heterocycles. The van der Waals surface area contributed by atoms with Crippen LogP contribution in [0.2, 0.25) is 0 Å². The van der Waals surface area contributed by atoms with Gasteiger partial charge in [0.15, 0.2) is 0 Å². The molecule has 4 nitrogen and oxygen atoms in total. The number of aryl methyl sites for hydroxylation is 1. The molecule has 0 aliphatic heterocycles. The first kappa shape index (κ1) is 13.7. The smallest absolute Gasteiger partial charge is 0.250 e. The van der Waals surface area contributed by atoms with Gasteiger partial charge in [0.2, 0.25) is 10.0 Å². The van der Waals surface area contributed by atoms with Gasteiger partial charge >= 0.3 is 0 Å². The van der Waals surface area contributed by atoms with Crippen molar-refractivity contribution in [3.05, 3.63) is 38.9 Å². The highest BCUT2D eigenvalue weighted by Crippen LogP contribution is 2.22. The van der Waals surface area contributed by atoms with Gasteiger partial charge in [-0.1, -0.05) is 0 Å². The molecule has 0 unspecified atom stereocenters. The Labute approximate surface area is 115 Å². The van der Waals surface area contributed by atoms with Gasteiger partial charge in [-0.2, -0.15) is 0 Å². The van der Waals surface area contributed by atoms with Crippen molar-refractivity contribution >= 4 is 32.7 Å². The molecule has 2 rings (SSSR count). The van der Waals surface area contributed by atoms with Gasteiger partial charge in [-0.3, -0.25) is 0 Å². The van der Waals surface area contributed by atoms with Crippen LogP contribution in [0.4, 0.5) is 0 Å². The lowest BCUT2D eigenvalue weighted by atomic mass is 10.3. The molecule has 0 aromatic carbocycles. The minimum atomic E-state index is -3.42. The summed E-state index contributed by atoms with van der Waals surface area (Å²) < 4.78 is 27.0. The quantitative estimate of drug-likeness (QED) is 0.888. The Kier molecular flexibility index (Phi) is 4.18. The largest absolute Gasteiger partial charge is 0.326 e. The van der Waals surface area contributed by atoms with Crippen molar-refractivity contribution in [2.75, 3.05) is 0 Å². The Balaban J connectivity index is 2.10. The van der Waals surface area contributed by atoms with Crippen LogP contribution in [-0.4, -0.2) is 8.42 Å². The lowest BCUT2D eigenvalue weighted by Gasteiger charge is -2.03. The molecule has 2 aromatic rings. The number of thiophene rings is 2. The minimum absolute atomic E-state index is 0.317. The minimum Gasteiger partial charge on any atom is -0.326 e. The van der Waals surface area contributed by atoms with Crippen LogP contribution in [0.1, 0.15) is 15.3 Å². The van der Waals surface area contributed by atoms with Gasteiger partial charge in [-0.25, -0.2) is 13.1 Å². The molecule has 7 heteroatoms. The summed E-state index contributed by atoms with van der Waals surface area (Å²) in [5.74, 6) is 0. The topological polar surface area (TPSA) is 72.2 Å². The van der Waals surface area contributed by atoms with Crippen molar-refractivity contribution in [3.63, 3.8) is 0 Å². The zero-order valence-electron chi connectivity index (χ0n) is 9.84. The van der Waals surface area contributed by atoms with Gasteiger partial charge in [0.1, 0.15) is 4.21 Å². The van der Waals surface area contributed by atoms with E-state index in [1.165, 1.54) is 11.3 Å². The van der Waals surface area contributed by atoms with E-state index < -0.39 is 10.0 Å². The van der Waals surface area contributed by atoms with E-state index in [0.29, 0.717) is 17.3 Å². The summed E-state index contributed by atoms with van der Waals surface area (Å²) in [6.07, 6.45) is 0. The fourth-order valence-corrected chi connectivity index (χ4v) is 4.64. The van der Waals surface area contributed by atoms with Crippen molar-refractivity contribution in [3.8, 4) is 0 Å². The van der Waals surface area contributed by atoms with Crippen molar-refractivity contribution in [1.82, 2.24) is 4.72 Å². The number of sulfonamides is 1. The third-order valence-electron chi connectivity index (χ3n) is 2.49. The van der Waals surface area contributed by atoms with Crippen molar-refractivity contribution < 1.29 is 8.42 Å². The van der Waals surface area contributed by atoms with Crippen molar-refractivity contribution in [2.24, 2.45) is 5.73 Å². The Morgan fingerprint density at radius 2 is 2.11 bits per heavy atom. The molecule has 0 saturated heterocycles. The number of nitrogens with one attached hydrogen (secondary N) is 1. The molecule has 0 spiro atoms. The number of nitrogens with two attached hydrogens (primary N) is 1. The molecule has 2 heterocycles. The average molecular weight is 302 g/mol. The molecule has 0 amide bonds. The average Bonchev–Trinajstić information content (AvgIpc) is 2.95. The first-order valence-electron chi connectivity index (χ1n) is 5.34. The van der Waals surface area contributed by atoms with Gasteiger partial charge < -0.3 is 5.73 Å². The Hall–Kier alpha value is -0.730. The number of hydrogen-bond donors (Lipinski definition) is 2. The van der Waals surface area contributed by atoms with Crippen LogP contribution in [0.15, 0.2) is 27.8 Å². The monoisotopic (exact) mass is 302 g/mol. The zero-order chi connectivity index (χ0) is 13.2. The van der Waals surface area contributed by atoms with E-state index in [1.54, 1.807) is 23.5 Å². The fourth-order valence-electron chi connectivity index (χ4n) is 1.43. The van der Waals surface area contributed by atoms with Crippen LogP contribution in [0.5, 0.6) is 0 Å². The van der Waals surface area contributed by atoms with Gasteiger partial charge in [-0.15, -0.1) is 22.7 Å². The second-order valence-electron chi connectivity index (χ2n) is 3.78. The summed E-state index contributed by atoms with van der Waals surface area (Å²) in [6, 6.07) is 5.32. The molecular formula is C11H14N2O2S3. The van der Waals surface area contributed by atoms with Gasteiger partial charge in [0.05, 0.1) is 0 Å². The van der Waals surface area contributed by atoms with E-state index >= 15 is 0 Å². The van der Waals surface area contributed by atoms with E-state index in [2.05, 4.69) is 4.72 Å². The zero-order valence-corrected chi connectivity index (χ0v) is 12.3. The van der Waals surface area contributed by atoms with Crippen molar-refractivity contribution in [1.29, 1.82) is 0 Å². The lowest BCUT2D eigenvalue weighted by molar-refractivity contribution is 0.584.